The van der Waals surface area contributed by atoms with Crippen LogP contribution in [-0.2, 0) is 10.5 Å². The fraction of sp³-hybridized carbons (Fsp3) is 0.188. The van der Waals surface area contributed by atoms with Gasteiger partial charge >= 0.3 is 0 Å². The van der Waals surface area contributed by atoms with Gasteiger partial charge in [-0.25, -0.2) is 4.39 Å². The van der Waals surface area contributed by atoms with Crippen LogP contribution in [0.4, 0.5) is 10.1 Å². The number of amides is 1. The van der Waals surface area contributed by atoms with Gasteiger partial charge in [-0.3, -0.25) is 4.79 Å². The number of thioether (sulfide) groups is 1. The fourth-order valence-corrected chi connectivity index (χ4v) is 2.97. The molecule has 0 aliphatic carbocycles. The van der Waals surface area contributed by atoms with Crippen LogP contribution in [-0.4, -0.2) is 11.7 Å². The number of anilines is 1. The second-order valence-corrected chi connectivity index (χ2v) is 6.50. The lowest BCUT2D eigenvalue weighted by atomic mass is 10.2. The minimum Gasteiger partial charge on any atom is -0.324 e. The standard InChI is InChI=1S/C16H14Cl2FNOS/c17-12-6-5-11(9-13(12)18)10-22-8-7-16(21)20-15-4-2-1-3-14(15)19/h1-6,9H,7-8,10H2,(H,20,21). The third-order valence-electron chi connectivity index (χ3n) is 2.87. The molecule has 0 radical (unpaired) electrons. The molecule has 0 fully saturated rings. The minimum atomic E-state index is -0.431. The van der Waals surface area contributed by atoms with Crippen molar-refractivity contribution in [3.63, 3.8) is 0 Å². The minimum absolute atomic E-state index is 0.202. The van der Waals surface area contributed by atoms with Crippen LogP contribution in [0.1, 0.15) is 12.0 Å². The highest BCUT2D eigenvalue weighted by Gasteiger charge is 2.06. The number of halogens is 3. The number of nitrogens with one attached hydrogen (secondary N) is 1. The van der Waals surface area contributed by atoms with Crippen molar-refractivity contribution in [3.05, 3.63) is 63.9 Å². The maximum atomic E-state index is 13.4. The highest BCUT2D eigenvalue weighted by Crippen LogP contribution is 2.24. The van der Waals surface area contributed by atoms with E-state index in [4.69, 9.17) is 23.2 Å². The molecule has 116 valence electrons. The fourth-order valence-electron chi connectivity index (χ4n) is 1.76. The van der Waals surface area contributed by atoms with Crippen LogP contribution < -0.4 is 5.32 Å². The van der Waals surface area contributed by atoms with Crippen molar-refractivity contribution in [3.8, 4) is 0 Å². The van der Waals surface area contributed by atoms with E-state index < -0.39 is 5.82 Å². The topological polar surface area (TPSA) is 29.1 Å². The first-order valence-corrected chi connectivity index (χ1v) is 8.53. The maximum absolute atomic E-state index is 13.4. The molecular weight excluding hydrogens is 344 g/mol. The Morgan fingerprint density at radius 3 is 2.64 bits per heavy atom. The highest BCUT2D eigenvalue weighted by atomic mass is 35.5. The lowest BCUT2D eigenvalue weighted by Crippen LogP contribution is -2.13. The molecule has 2 nitrogen and oxygen atoms in total. The number of hydrogen-bond donors (Lipinski definition) is 1. The second-order valence-electron chi connectivity index (χ2n) is 4.58. The molecule has 0 heterocycles. The van der Waals surface area contributed by atoms with Gasteiger partial charge in [0.1, 0.15) is 5.82 Å². The van der Waals surface area contributed by atoms with Gasteiger partial charge in [0, 0.05) is 17.9 Å². The quantitative estimate of drug-likeness (QED) is 0.701. The number of carbonyl (C=O) groups excluding carboxylic acids is 1. The third kappa shape index (κ3) is 5.20. The maximum Gasteiger partial charge on any atom is 0.225 e. The first-order valence-electron chi connectivity index (χ1n) is 6.62. The Balaban J connectivity index is 1.73. The van der Waals surface area contributed by atoms with Crippen LogP contribution in [0.25, 0.3) is 0 Å². The molecular formula is C16H14Cl2FNOS. The summed E-state index contributed by atoms with van der Waals surface area (Å²) in [5.74, 6) is 0.746. The molecule has 2 aromatic rings. The Bertz CT molecular complexity index is 666. The first kappa shape index (κ1) is 17.1. The van der Waals surface area contributed by atoms with E-state index in [-0.39, 0.29) is 11.6 Å². The zero-order valence-corrected chi connectivity index (χ0v) is 13.9. The molecule has 1 amide bonds. The van der Waals surface area contributed by atoms with E-state index in [9.17, 15) is 9.18 Å². The highest BCUT2D eigenvalue weighted by molar-refractivity contribution is 7.98. The Labute approximate surface area is 143 Å². The third-order valence-corrected chi connectivity index (χ3v) is 4.64. The number of para-hydroxylation sites is 1. The average molecular weight is 358 g/mol. The zero-order valence-electron chi connectivity index (χ0n) is 11.6. The number of rotatable bonds is 6. The molecule has 0 aliphatic heterocycles. The lowest BCUT2D eigenvalue weighted by Gasteiger charge is -2.06. The Morgan fingerprint density at radius 1 is 1.14 bits per heavy atom. The summed E-state index contributed by atoms with van der Waals surface area (Å²) in [7, 11) is 0. The van der Waals surface area contributed by atoms with E-state index in [1.54, 1.807) is 30.0 Å². The van der Waals surface area contributed by atoms with Gasteiger partial charge in [-0.2, -0.15) is 11.8 Å². The van der Waals surface area contributed by atoms with Crippen molar-refractivity contribution >= 4 is 46.6 Å². The number of hydrogen-bond acceptors (Lipinski definition) is 2. The molecule has 0 atom stereocenters. The molecule has 1 N–H and O–H groups in total. The van der Waals surface area contributed by atoms with Gasteiger partial charge in [-0.1, -0.05) is 41.4 Å². The van der Waals surface area contributed by atoms with E-state index >= 15 is 0 Å². The van der Waals surface area contributed by atoms with Crippen LogP contribution in [0.3, 0.4) is 0 Å². The number of carbonyl (C=O) groups is 1. The summed E-state index contributed by atoms with van der Waals surface area (Å²) in [6.07, 6.45) is 0.320. The smallest absolute Gasteiger partial charge is 0.225 e. The monoisotopic (exact) mass is 357 g/mol. The molecule has 0 aromatic heterocycles. The van der Waals surface area contributed by atoms with Crippen LogP contribution >= 0.6 is 35.0 Å². The van der Waals surface area contributed by atoms with Gasteiger partial charge in [-0.05, 0) is 29.8 Å². The molecule has 0 unspecified atom stereocenters. The summed E-state index contributed by atoms with van der Waals surface area (Å²) in [5.41, 5.74) is 1.26. The van der Waals surface area contributed by atoms with Crippen LogP contribution in [0.5, 0.6) is 0 Å². The number of benzene rings is 2. The Morgan fingerprint density at radius 2 is 1.91 bits per heavy atom. The normalized spacial score (nSPS) is 10.5. The van der Waals surface area contributed by atoms with Crippen LogP contribution in [0, 0.1) is 5.82 Å². The van der Waals surface area contributed by atoms with Crippen molar-refractivity contribution in [1.82, 2.24) is 0 Å². The summed E-state index contributed by atoms with van der Waals surface area (Å²) < 4.78 is 13.4. The van der Waals surface area contributed by atoms with Gasteiger partial charge in [0.05, 0.1) is 15.7 Å². The molecule has 6 heteroatoms. The van der Waals surface area contributed by atoms with Crippen molar-refractivity contribution in [2.75, 3.05) is 11.1 Å². The van der Waals surface area contributed by atoms with Crippen LogP contribution in [0.2, 0.25) is 10.0 Å². The van der Waals surface area contributed by atoms with Gasteiger partial charge in [0.25, 0.3) is 0 Å². The Kier molecular flexibility index (Phi) is 6.55. The largest absolute Gasteiger partial charge is 0.324 e. The second kappa shape index (κ2) is 8.42. The summed E-state index contributed by atoms with van der Waals surface area (Å²) in [6, 6.07) is 11.6. The lowest BCUT2D eigenvalue weighted by molar-refractivity contribution is -0.115. The Hall–Kier alpha value is -1.23. The van der Waals surface area contributed by atoms with E-state index in [1.807, 2.05) is 12.1 Å². The van der Waals surface area contributed by atoms with Gasteiger partial charge in [-0.15, -0.1) is 0 Å². The van der Waals surface area contributed by atoms with Crippen molar-refractivity contribution in [2.45, 2.75) is 12.2 Å². The molecule has 0 bridgehead atoms. The van der Waals surface area contributed by atoms with E-state index in [0.29, 0.717) is 22.2 Å². The van der Waals surface area contributed by atoms with Gasteiger partial charge in [0.2, 0.25) is 5.91 Å². The van der Waals surface area contributed by atoms with Crippen molar-refractivity contribution < 1.29 is 9.18 Å². The molecule has 0 saturated carbocycles. The van der Waals surface area contributed by atoms with E-state index in [0.717, 1.165) is 11.3 Å². The molecule has 0 saturated heterocycles. The predicted octanol–water partition coefficient (Wildman–Crippen LogP) is 5.39. The molecule has 22 heavy (non-hydrogen) atoms. The summed E-state index contributed by atoms with van der Waals surface area (Å²) in [6.45, 7) is 0. The van der Waals surface area contributed by atoms with Crippen LogP contribution in [0.15, 0.2) is 42.5 Å². The van der Waals surface area contributed by atoms with E-state index in [2.05, 4.69) is 5.32 Å². The summed E-state index contributed by atoms with van der Waals surface area (Å²) >= 11 is 13.4. The SMILES string of the molecule is O=C(CCSCc1ccc(Cl)c(Cl)c1)Nc1ccccc1F. The predicted molar refractivity (Wildman–Crippen MR) is 92.3 cm³/mol. The summed E-state index contributed by atoms with van der Waals surface area (Å²) in [4.78, 5) is 11.7. The van der Waals surface area contributed by atoms with E-state index in [1.165, 1.54) is 12.1 Å². The molecule has 0 spiro atoms. The van der Waals surface area contributed by atoms with Gasteiger partial charge < -0.3 is 5.32 Å². The molecule has 2 aromatic carbocycles. The van der Waals surface area contributed by atoms with Gasteiger partial charge in [0.15, 0.2) is 0 Å². The first-order chi connectivity index (χ1) is 10.6. The zero-order chi connectivity index (χ0) is 15.9. The molecule has 0 aliphatic rings. The molecule has 2 rings (SSSR count). The average Bonchev–Trinajstić information content (AvgIpc) is 2.49. The van der Waals surface area contributed by atoms with Crippen molar-refractivity contribution in [2.24, 2.45) is 0 Å². The van der Waals surface area contributed by atoms with Crippen molar-refractivity contribution in [1.29, 1.82) is 0 Å². The summed E-state index contributed by atoms with van der Waals surface area (Å²) in [5, 5.41) is 3.61.